The predicted octanol–water partition coefficient (Wildman–Crippen LogP) is 2.53. The van der Waals surface area contributed by atoms with Crippen molar-refractivity contribution in [3.8, 4) is 0 Å². The predicted molar refractivity (Wildman–Crippen MR) is 67.4 cm³/mol. The van der Waals surface area contributed by atoms with Crippen molar-refractivity contribution in [3.05, 3.63) is 44.4 Å². The first kappa shape index (κ1) is 12.3. The molecule has 0 atom stereocenters. The van der Waals surface area contributed by atoms with Crippen molar-refractivity contribution in [2.24, 2.45) is 12.0 Å². The lowest BCUT2D eigenvalue weighted by molar-refractivity contribution is 0.0997. The number of carbonyl (C=O) groups is 1. The van der Waals surface area contributed by atoms with Crippen LogP contribution in [-0.4, -0.2) is 15.5 Å². The molecule has 17 heavy (non-hydrogen) atoms. The fourth-order valence-electron chi connectivity index (χ4n) is 1.12. The first-order chi connectivity index (χ1) is 8.08. The van der Waals surface area contributed by atoms with Crippen molar-refractivity contribution in [1.82, 2.24) is 9.55 Å². The number of nitrogens with zero attached hydrogens (tertiary/aromatic N) is 3. The van der Waals surface area contributed by atoms with Crippen LogP contribution in [0.25, 0.3) is 0 Å². The second-order valence-electron chi connectivity index (χ2n) is 3.21. The summed E-state index contributed by atoms with van der Waals surface area (Å²) in [4.78, 5) is 20.2. The van der Waals surface area contributed by atoms with E-state index in [1.165, 1.54) is 23.6 Å². The Balaban J connectivity index is 2.39. The van der Waals surface area contributed by atoms with Gasteiger partial charge >= 0.3 is 0 Å². The fourth-order valence-corrected chi connectivity index (χ4v) is 2.12. The van der Waals surface area contributed by atoms with Crippen LogP contribution in [0.5, 0.6) is 0 Å². The van der Waals surface area contributed by atoms with Gasteiger partial charge in [-0.3, -0.25) is 4.79 Å². The number of carbonyl (C=O) groups excluding carboxylic acids is 1. The Kier molecular flexibility index (Phi) is 3.61. The van der Waals surface area contributed by atoms with Crippen LogP contribution >= 0.6 is 34.5 Å². The number of pyridine rings is 1. The van der Waals surface area contributed by atoms with E-state index >= 15 is 0 Å². The topological polar surface area (TPSA) is 47.2 Å². The molecule has 2 aromatic heterocycles. The van der Waals surface area contributed by atoms with E-state index in [-0.39, 0.29) is 10.2 Å². The number of halogens is 2. The third kappa shape index (κ3) is 2.74. The summed E-state index contributed by atoms with van der Waals surface area (Å²) in [7, 11) is 1.82. The molecule has 0 aliphatic heterocycles. The summed E-state index contributed by atoms with van der Waals surface area (Å²) in [6, 6.07) is 1.45. The van der Waals surface area contributed by atoms with Gasteiger partial charge in [-0.15, -0.1) is 11.3 Å². The zero-order valence-electron chi connectivity index (χ0n) is 8.72. The van der Waals surface area contributed by atoms with Crippen LogP contribution in [0.3, 0.4) is 0 Å². The minimum atomic E-state index is -0.394. The van der Waals surface area contributed by atoms with Gasteiger partial charge in [-0.1, -0.05) is 23.2 Å². The molecular formula is C10H7Cl2N3OS. The highest BCUT2D eigenvalue weighted by molar-refractivity contribution is 7.07. The maximum atomic E-state index is 11.8. The molecule has 0 radical (unpaired) electrons. The third-order valence-corrected chi connectivity index (χ3v) is 3.53. The number of hydrogen-bond acceptors (Lipinski definition) is 3. The van der Waals surface area contributed by atoms with Crippen LogP contribution in [0, 0.1) is 0 Å². The number of rotatable bonds is 1. The van der Waals surface area contributed by atoms with Gasteiger partial charge in [-0.05, 0) is 6.07 Å². The van der Waals surface area contributed by atoms with Crippen molar-refractivity contribution >= 4 is 40.4 Å². The van der Waals surface area contributed by atoms with Gasteiger partial charge < -0.3 is 4.57 Å². The Hall–Kier alpha value is -1.17. The van der Waals surface area contributed by atoms with Crippen molar-refractivity contribution in [1.29, 1.82) is 0 Å². The molecule has 4 nitrogen and oxygen atoms in total. The molecule has 0 unspecified atom stereocenters. The SMILES string of the molecule is Cn1ccsc1=NC(=O)c1cnc(Cl)c(Cl)c1. The molecule has 0 aliphatic carbocycles. The van der Waals surface area contributed by atoms with E-state index in [2.05, 4.69) is 9.98 Å². The number of aromatic nitrogens is 2. The van der Waals surface area contributed by atoms with E-state index in [0.29, 0.717) is 10.4 Å². The molecule has 0 saturated carbocycles. The number of amides is 1. The number of thiazole rings is 1. The Labute approximate surface area is 111 Å². The van der Waals surface area contributed by atoms with Gasteiger partial charge in [0.15, 0.2) is 4.80 Å². The Morgan fingerprint density at radius 1 is 1.53 bits per heavy atom. The first-order valence-electron chi connectivity index (χ1n) is 4.58. The molecule has 0 saturated heterocycles. The van der Waals surface area contributed by atoms with Crippen LogP contribution in [-0.2, 0) is 7.05 Å². The lowest BCUT2D eigenvalue weighted by Crippen LogP contribution is -2.12. The monoisotopic (exact) mass is 287 g/mol. The summed E-state index contributed by atoms with van der Waals surface area (Å²) in [5.74, 6) is -0.394. The van der Waals surface area contributed by atoms with E-state index in [0.717, 1.165) is 0 Å². The zero-order valence-corrected chi connectivity index (χ0v) is 11.1. The minimum absolute atomic E-state index is 0.171. The highest BCUT2D eigenvalue weighted by Gasteiger charge is 2.08. The van der Waals surface area contributed by atoms with Crippen molar-refractivity contribution < 1.29 is 4.79 Å². The minimum Gasteiger partial charge on any atom is -0.327 e. The second kappa shape index (κ2) is 5.00. The van der Waals surface area contributed by atoms with E-state index < -0.39 is 5.91 Å². The summed E-state index contributed by atoms with van der Waals surface area (Å²) < 4.78 is 1.76. The Morgan fingerprint density at radius 2 is 2.29 bits per heavy atom. The van der Waals surface area contributed by atoms with Crippen molar-refractivity contribution in [2.45, 2.75) is 0 Å². The Bertz CT molecular complexity index is 632. The molecule has 7 heteroatoms. The quantitative estimate of drug-likeness (QED) is 0.757. The van der Waals surface area contributed by atoms with Crippen LogP contribution in [0.1, 0.15) is 10.4 Å². The van der Waals surface area contributed by atoms with Gasteiger partial charge in [0.1, 0.15) is 5.15 Å². The van der Waals surface area contributed by atoms with Gasteiger partial charge in [0, 0.05) is 24.8 Å². The maximum absolute atomic E-state index is 11.8. The van der Waals surface area contributed by atoms with Gasteiger partial charge in [0.05, 0.1) is 10.6 Å². The van der Waals surface area contributed by atoms with E-state index in [4.69, 9.17) is 23.2 Å². The highest BCUT2D eigenvalue weighted by atomic mass is 35.5. The highest BCUT2D eigenvalue weighted by Crippen LogP contribution is 2.19. The summed E-state index contributed by atoms with van der Waals surface area (Å²) in [6.45, 7) is 0. The van der Waals surface area contributed by atoms with Gasteiger partial charge in [0.2, 0.25) is 0 Å². The molecule has 1 amide bonds. The lowest BCUT2D eigenvalue weighted by Gasteiger charge is -1.97. The lowest BCUT2D eigenvalue weighted by atomic mass is 10.3. The Morgan fingerprint density at radius 3 is 2.88 bits per heavy atom. The summed E-state index contributed by atoms with van der Waals surface area (Å²) in [6.07, 6.45) is 3.18. The van der Waals surface area contributed by atoms with E-state index in [1.54, 1.807) is 4.57 Å². The van der Waals surface area contributed by atoms with Crippen molar-refractivity contribution in [3.63, 3.8) is 0 Å². The molecule has 0 N–H and O–H groups in total. The second-order valence-corrected chi connectivity index (χ2v) is 4.85. The molecule has 2 heterocycles. The number of aryl methyl sites for hydroxylation is 1. The average Bonchev–Trinajstić information content (AvgIpc) is 2.68. The molecule has 0 aliphatic rings. The van der Waals surface area contributed by atoms with Crippen LogP contribution in [0.15, 0.2) is 28.8 Å². The van der Waals surface area contributed by atoms with E-state index in [9.17, 15) is 4.79 Å². The van der Waals surface area contributed by atoms with Crippen LogP contribution < -0.4 is 4.80 Å². The summed E-state index contributed by atoms with van der Waals surface area (Å²) in [5, 5.41) is 2.26. The van der Waals surface area contributed by atoms with Crippen LogP contribution in [0.4, 0.5) is 0 Å². The summed E-state index contributed by atoms with van der Waals surface area (Å²) >= 11 is 12.8. The summed E-state index contributed by atoms with van der Waals surface area (Å²) in [5.41, 5.74) is 0.313. The molecule has 0 bridgehead atoms. The first-order valence-corrected chi connectivity index (χ1v) is 6.21. The fraction of sp³-hybridized carbons (Fsp3) is 0.100. The normalized spacial score (nSPS) is 11.8. The van der Waals surface area contributed by atoms with Crippen molar-refractivity contribution in [2.75, 3.05) is 0 Å². The molecule has 2 rings (SSSR count). The molecule has 88 valence electrons. The smallest absolute Gasteiger partial charge is 0.281 e. The standard InChI is InChI=1S/C10H7Cl2N3OS/c1-15-2-3-17-10(15)14-9(16)6-4-7(11)8(12)13-5-6/h2-5H,1H3. The molecule has 0 fully saturated rings. The zero-order chi connectivity index (χ0) is 12.4. The van der Waals surface area contributed by atoms with E-state index in [1.807, 2.05) is 18.6 Å². The molecule has 0 spiro atoms. The average molecular weight is 288 g/mol. The molecule has 2 aromatic rings. The molecular weight excluding hydrogens is 281 g/mol. The van der Waals surface area contributed by atoms with Gasteiger partial charge in [-0.25, -0.2) is 4.98 Å². The largest absolute Gasteiger partial charge is 0.327 e. The van der Waals surface area contributed by atoms with Crippen LogP contribution in [0.2, 0.25) is 10.2 Å². The van der Waals surface area contributed by atoms with Gasteiger partial charge in [-0.2, -0.15) is 4.99 Å². The maximum Gasteiger partial charge on any atom is 0.281 e. The molecule has 0 aromatic carbocycles. The third-order valence-electron chi connectivity index (χ3n) is 2.00. The number of hydrogen-bond donors (Lipinski definition) is 0. The van der Waals surface area contributed by atoms with Gasteiger partial charge in [0.25, 0.3) is 5.91 Å².